The van der Waals surface area contributed by atoms with Crippen molar-refractivity contribution >= 4 is 11.9 Å². The van der Waals surface area contributed by atoms with E-state index in [0.717, 1.165) is 0 Å². The zero-order chi connectivity index (χ0) is 15.3. The average Bonchev–Trinajstić information content (AvgIpc) is 2.28. The Morgan fingerprint density at radius 1 is 1.40 bits per heavy atom. The van der Waals surface area contributed by atoms with Crippen LogP contribution in [0.15, 0.2) is 12.3 Å². The summed E-state index contributed by atoms with van der Waals surface area (Å²) in [4.78, 5) is 26.7. The number of carbonyl (C=O) groups excluding carboxylic acids is 2. The molecule has 0 aliphatic carbocycles. The molecule has 0 aliphatic heterocycles. The van der Waals surface area contributed by atoms with Gasteiger partial charge in [0.05, 0.1) is 11.3 Å². The van der Waals surface area contributed by atoms with Gasteiger partial charge in [-0.05, 0) is 33.8 Å². The smallest absolute Gasteiger partial charge is 0.407 e. The van der Waals surface area contributed by atoms with Crippen molar-refractivity contribution < 1.29 is 19.4 Å². The number of ether oxygens (including phenoxy) is 1. The van der Waals surface area contributed by atoms with E-state index in [9.17, 15) is 14.7 Å². The van der Waals surface area contributed by atoms with E-state index in [1.54, 1.807) is 20.8 Å². The first kappa shape index (κ1) is 15.9. The molecule has 0 fully saturated rings. The third-order valence-corrected chi connectivity index (χ3v) is 2.41. The zero-order valence-corrected chi connectivity index (χ0v) is 12.2. The Hall–Kier alpha value is -2.11. The molecule has 0 spiro atoms. The number of pyridine rings is 1. The van der Waals surface area contributed by atoms with E-state index in [-0.39, 0.29) is 23.6 Å². The normalized spacial score (nSPS) is 11.0. The van der Waals surface area contributed by atoms with Crippen LogP contribution in [0.2, 0.25) is 0 Å². The van der Waals surface area contributed by atoms with Crippen molar-refractivity contribution in [2.75, 3.05) is 6.54 Å². The second-order valence-corrected chi connectivity index (χ2v) is 5.39. The lowest BCUT2D eigenvalue weighted by Crippen LogP contribution is -2.33. The Kier molecular flexibility index (Phi) is 5.07. The van der Waals surface area contributed by atoms with Crippen LogP contribution in [0, 0.1) is 0 Å². The molecule has 0 saturated carbocycles. The molecule has 6 nitrogen and oxygen atoms in total. The fourth-order valence-electron chi connectivity index (χ4n) is 1.56. The largest absolute Gasteiger partial charge is 0.505 e. The molecule has 1 rings (SSSR count). The van der Waals surface area contributed by atoms with Gasteiger partial charge < -0.3 is 15.2 Å². The summed E-state index contributed by atoms with van der Waals surface area (Å²) >= 11 is 0. The molecule has 0 aromatic carbocycles. The number of nitrogens with zero attached hydrogens (tertiary/aromatic N) is 1. The van der Waals surface area contributed by atoms with E-state index in [2.05, 4.69) is 10.3 Å². The fraction of sp³-hybridized carbons (Fsp3) is 0.500. The summed E-state index contributed by atoms with van der Waals surface area (Å²) in [5, 5.41) is 12.5. The minimum atomic E-state index is -0.557. The molecule has 1 amide bonds. The quantitative estimate of drug-likeness (QED) is 0.824. The van der Waals surface area contributed by atoms with Crippen LogP contribution in [0.1, 0.15) is 43.7 Å². The molecule has 2 N–H and O–H groups in total. The lowest BCUT2D eigenvalue weighted by atomic mass is 10.1. The van der Waals surface area contributed by atoms with Crippen LogP contribution in [-0.4, -0.2) is 34.1 Å². The van der Waals surface area contributed by atoms with Crippen molar-refractivity contribution in [2.24, 2.45) is 0 Å². The Bertz CT molecular complexity index is 506. The van der Waals surface area contributed by atoms with E-state index in [0.29, 0.717) is 12.1 Å². The molecule has 20 heavy (non-hydrogen) atoms. The summed E-state index contributed by atoms with van der Waals surface area (Å²) < 4.78 is 5.08. The van der Waals surface area contributed by atoms with E-state index in [4.69, 9.17) is 4.74 Å². The minimum absolute atomic E-state index is 0.133. The van der Waals surface area contributed by atoms with Gasteiger partial charge >= 0.3 is 6.09 Å². The van der Waals surface area contributed by atoms with Crippen LogP contribution in [0.3, 0.4) is 0 Å². The topological polar surface area (TPSA) is 88.5 Å². The van der Waals surface area contributed by atoms with E-state index < -0.39 is 11.7 Å². The molecule has 0 unspecified atom stereocenters. The number of aromatic nitrogens is 1. The van der Waals surface area contributed by atoms with Crippen LogP contribution < -0.4 is 5.32 Å². The molecular weight excluding hydrogens is 260 g/mol. The summed E-state index contributed by atoms with van der Waals surface area (Å²) in [7, 11) is 0. The van der Waals surface area contributed by atoms with Crippen LogP contribution >= 0.6 is 0 Å². The third kappa shape index (κ3) is 4.87. The highest BCUT2D eigenvalue weighted by Gasteiger charge is 2.16. The van der Waals surface area contributed by atoms with Crippen molar-refractivity contribution in [3.05, 3.63) is 23.5 Å². The van der Waals surface area contributed by atoms with Crippen molar-refractivity contribution in [1.82, 2.24) is 10.3 Å². The van der Waals surface area contributed by atoms with Crippen LogP contribution in [0.25, 0.3) is 0 Å². The van der Waals surface area contributed by atoms with Gasteiger partial charge in [-0.15, -0.1) is 0 Å². The number of rotatable bonds is 4. The highest BCUT2D eigenvalue weighted by molar-refractivity contribution is 5.96. The summed E-state index contributed by atoms with van der Waals surface area (Å²) in [6.45, 7) is 6.96. The number of hydrogen-bond donors (Lipinski definition) is 2. The number of amides is 1. The maximum absolute atomic E-state index is 11.4. The van der Waals surface area contributed by atoms with Gasteiger partial charge in [-0.3, -0.25) is 9.78 Å². The molecule has 0 bridgehead atoms. The highest BCUT2D eigenvalue weighted by atomic mass is 16.6. The minimum Gasteiger partial charge on any atom is -0.505 e. The maximum atomic E-state index is 11.4. The van der Waals surface area contributed by atoms with Crippen LogP contribution in [0.4, 0.5) is 4.79 Å². The third-order valence-electron chi connectivity index (χ3n) is 2.41. The van der Waals surface area contributed by atoms with Gasteiger partial charge in [-0.2, -0.15) is 0 Å². The van der Waals surface area contributed by atoms with Crippen molar-refractivity contribution in [3.63, 3.8) is 0 Å². The van der Waals surface area contributed by atoms with Gasteiger partial charge in [-0.1, -0.05) is 0 Å². The molecule has 0 atom stereocenters. The van der Waals surface area contributed by atoms with Crippen molar-refractivity contribution in [1.29, 1.82) is 0 Å². The predicted octanol–water partition coefficient (Wildman–Crippen LogP) is 2.06. The molecule has 1 heterocycles. The number of alkyl carbamates (subject to hydrolysis) is 1. The standard InChI is InChI=1S/C14H20N2O4/c1-9(17)10-5-7-15-11(12(10)18)6-8-16-13(19)20-14(2,3)4/h5,7,18H,6,8H2,1-4H3,(H,16,19). The molecule has 110 valence electrons. The first-order valence-corrected chi connectivity index (χ1v) is 6.35. The molecule has 0 radical (unpaired) electrons. The monoisotopic (exact) mass is 280 g/mol. The summed E-state index contributed by atoms with van der Waals surface area (Å²) in [5.41, 5.74) is 0.0416. The summed E-state index contributed by atoms with van der Waals surface area (Å²) in [6, 6.07) is 1.46. The highest BCUT2D eigenvalue weighted by Crippen LogP contribution is 2.20. The fourth-order valence-corrected chi connectivity index (χ4v) is 1.56. The summed E-state index contributed by atoms with van der Waals surface area (Å²) in [6.07, 6.45) is 1.24. The molecular formula is C14H20N2O4. The van der Waals surface area contributed by atoms with Crippen molar-refractivity contribution in [2.45, 2.75) is 39.7 Å². The van der Waals surface area contributed by atoms with Gasteiger partial charge in [0.15, 0.2) is 5.78 Å². The lowest BCUT2D eigenvalue weighted by molar-refractivity contribution is 0.0528. The second kappa shape index (κ2) is 6.36. The average molecular weight is 280 g/mol. The van der Waals surface area contributed by atoms with Crippen LogP contribution in [-0.2, 0) is 11.2 Å². The van der Waals surface area contributed by atoms with Gasteiger partial charge in [-0.25, -0.2) is 4.79 Å². The Balaban J connectivity index is 2.57. The molecule has 1 aromatic rings. The molecule has 0 aliphatic rings. The number of Topliss-reactive ketones (excluding diaryl/α,β-unsaturated/α-hetero) is 1. The number of carbonyl (C=O) groups is 2. The summed E-state index contributed by atoms with van der Waals surface area (Å²) in [5.74, 6) is -0.364. The predicted molar refractivity (Wildman–Crippen MR) is 73.8 cm³/mol. The molecule has 1 aromatic heterocycles. The molecule has 0 saturated heterocycles. The number of ketones is 1. The van der Waals surface area contributed by atoms with E-state index in [1.807, 2.05) is 0 Å². The second-order valence-electron chi connectivity index (χ2n) is 5.39. The van der Waals surface area contributed by atoms with Gasteiger partial charge in [0, 0.05) is 19.2 Å². The zero-order valence-electron chi connectivity index (χ0n) is 12.2. The van der Waals surface area contributed by atoms with Gasteiger partial charge in [0.2, 0.25) is 0 Å². The van der Waals surface area contributed by atoms with E-state index in [1.165, 1.54) is 19.2 Å². The first-order chi connectivity index (χ1) is 9.20. The van der Waals surface area contributed by atoms with E-state index >= 15 is 0 Å². The number of aromatic hydroxyl groups is 1. The Morgan fingerprint density at radius 3 is 2.60 bits per heavy atom. The van der Waals surface area contributed by atoms with Gasteiger partial charge in [0.25, 0.3) is 0 Å². The molecule has 6 heteroatoms. The van der Waals surface area contributed by atoms with Crippen molar-refractivity contribution in [3.8, 4) is 5.75 Å². The number of nitrogens with one attached hydrogen (secondary N) is 1. The number of hydrogen-bond acceptors (Lipinski definition) is 5. The Labute approximate surface area is 118 Å². The lowest BCUT2D eigenvalue weighted by Gasteiger charge is -2.19. The Morgan fingerprint density at radius 2 is 2.05 bits per heavy atom. The first-order valence-electron chi connectivity index (χ1n) is 6.35. The van der Waals surface area contributed by atoms with Gasteiger partial charge in [0.1, 0.15) is 11.4 Å². The SMILES string of the molecule is CC(=O)c1ccnc(CCNC(=O)OC(C)(C)C)c1O. The maximum Gasteiger partial charge on any atom is 0.407 e. The van der Waals surface area contributed by atoms with Crippen LogP contribution in [0.5, 0.6) is 5.75 Å².